The number of sulfone groups is 1. The predicted octanol–water partition coefficient (Wildman–Crippen LogP) is 0.624. The molecule has 17 heavy (non-hydrogen) atoms. The van der Waals surface area contributed by atoms with Crippen LogP contribution in [0.3, 0.4) is 0 Å². The minimum absolute atomic E-state index is 0.346. The second kappa shape index (κ2) is 5.67. The summed E-state index contributed by atoms with van der Waals surface area (Å²) >= 11 is 0. The van der Waals surface area contributed by atoms with Gasteiger partial charge >= 0.3 is 0 Å². The van der Waals surface area contributed by atoms with Gasteiger partial charge in [0.15, 0.2) is 9.84 Å². The van der Waals surface area contributed by atoms with Crippen molar-refractivity contribution >= 4 is 9.84 Å². The molecule has 0 unspecified atom stereocenters. The maximum absolute atomic E-state index is 11.5. The molecule has 2 fully saturated rings. The minimum Gasteiger partial charge on any atom is -0.328 e. The summed E-state index contributed by atoms with van der Waals surface area (Å²) in [5.41, 5.74) is 5.90. The zero-order chi connectivity index (χ0) is 12.3. The predicted molar refractivity (Wildman–Crippen MR) is 69.6 cm³/mol. The summed E-state index contributed by atoms with van der Waals surface area (Å²) in [6, 6.07) is 0.399. The molecular weight excluding hydrogens is 236 g/mol. The number of rotatable bonds is 2. The fourth-order valence-electron chi connectivity index (χ4n) is 2.91. The van der Waals surface area contributed by atoms with Gasteiger partial charge in [0.25, 0.3) is 0 Å². The average molecular weight is 260 g/mol. The van der Waals surface area contributed by atoms with Crippen LogP contribution in [0.1, 0.15) is 32.1 Å². The molecular formula is C12H24N2O2S. The second-order valence-electron chi connectivity index (χ2n) is 5.59. The molecule has 1 saturated heterocycles. The van der Waals surface area contributed by atoms with Crippen LogP contribution in [-0.2, 0) is 9.84 Å². The van der Waals surface area contributed by atoms with Gasteiger partial charge in [-0.3, -0.25) is 0 Å². The molecule has 0 amide bonds. The fourth-order valence-corrected chi connectivity index (χ4v) is 4.22. The molecule has 0 aromatic rings. The van der Waals surface area contributed by atoms with Crippen LogP contribution in [0.5, 0.6) is 0 Å². The smallest absolute Gasteiger partial charge is 0.151 e. The Hall–Kier alpha value is -0.130. The highest BCUT2D eigenvalue weighted by Gasteiger charge is 2.24. The summed E-state index contributed by atoms with van der Waals surface area (Å²) in [5, 5.41) is 0. The molecule has 1 saturated carbocycles. The van der Waals surface area contributed by atoms with E-state index in [4.69, 9.17) is 5.73 Å². The first-order valence-corrected chi connectivity index (χ1v) is 8.56. The lowest BCUT2D eigenvalue weighted by Crippen LogP contribution is -2.35. The second-order valence-corrected chi connectivity index (χ2v) is 7.89. The van der Waals surface area contributed by atoms with E-state index in [9.17, 15) is 8.42 Å². The average Bonchev–Trinajstić information content (AvgIpc) is 2.44. The van der Waals surface area contributed by atoms with Crippen LogP contribution >= 0.6 is 0 Å². The Morgan fingerprint density at radius 2 is 1.76 bits per heavy atom. The van der Waals surface area contributed by atoms with Gasteiger partial charge in [0, 0.05) is 19.1 Å². The van der Waals surface area contributed by atoms with Crippen molar-refractivity contribution < 1.29 is 8.42 Å². The van der Waals surface area contributed by atoms with Gasteiger partial charge in [-0.2, -0.15) is 0 Å². The molecule has 1 aliphatic carbocycles. The normalized spacial score (nSPS) is 35.4. The van der Waals surface area contributed by atoms with Crippen LogP contribution in [-0.4, -0.2) is 50.5 Å². The molecule has 2 rings (SSSR count). The summed E-state index contributed by atoms with van der Waals surface area (Å²) in [5.74, 6) is 1.45. The Bertz CT molecular complexity index is 334. The third-order valence-electron chi connectivity index (χ3n) is 4.06. The van der Waals surface area contributed by atoms with E-state index in [2.05, 4.69) is 4.90 Å². The van der Waals surface area contributed by atoms with Crippen molar-refractivity contribution in [3.63, 3.8) is 0 Å². The summed E-state index contributed by atoms with van der Waals surface area (Å²) < 4.78 is 23.0. The first-order valence-electron chi connectivity index (χ1n) is 6.73. The van der Waals surface area contributed by atoms with E-state index in [-0.39, 0.29) is 0 Å². The van der Waals surface area contributed by atoms with Crippen molar-refractivity contribution in [3.8, 4) is 0 Å². The lowest BCUT2D eigenvalue weighted by atomic mass is 9.86. The van der Waals surface area contributed by atoms with Gasteiger partial charge in [0.05, 0.1) is 11.5 Å². The van der Waals surface area contributed by atoms with Crippen molar-refractivity contribution in [1.29, 1.82) is 0 Å². The van der Waals surface area contributed by atoms with Crippen molar-refractivity contribution in [1.82, 2.24) is 4.90 Å². The maximum atomic E-state index is 11.5. The highest BCUT2D eigenvalue weighted by molar-refractivity contribution is 7.91. The van der Waals surface area contributed by atoms with E-state index in [0.29, 0.717) is 17.5 Å². The molecule has 0 radical (unpaired) electrons. The SMILES string of the molecule is NC1CCC(CN2CCCS(=O)(=O)CC2)CC1. The monoisotopic (exact) mass is 260 g/mol. The zero-order valence-corrected chi connectivity index (χ0v) is 11.3. The van der Waals surface area contributed by atoms with Gasteiger partial charge in [-0.05, 0) is 44.6 Å². The molecule has 4 nitrogen and oxygen atoms in total. The van der Waals surface area contributed by atoms with Crippen LogP contribution in [0.4, 0.5) is 0 Å². The highest BCUT2D eigenvalue weighted by Crippen LogP contribution is 2.24. The van der Waals surface area contributed by atoms with Gasteiger partial charge < -0.3 is 10.6 Å². The number of hydrogen-bond acceptors (Lipinski definition) is 4. The molecule has 2 aliphatic rings. The summed E-state index contributed by atoms with van der Waals surface area (Å²) in [6.07, 6.45) is 5.50. The van der Waals surface area contributed by atoms with Gasteiger partial charge in [0.1, 0.15) is 0 Å². The molecule has 1 heterocycles. The van der Waals surface area contributed by atoms with Crippen LogP contribution < -0.4 is 5.73 Å². The highest BCUT2D eigenvalue weighted by atomic mass is 32.2. The number of nitrogens with two attached hydrogens (primary N) is 1. The van der Waals surface area contributed by atoms with Gasteiger partial charge in [-0.1, -0.05) is 0 Å². The van der Waals surface area contributed by atoms with Crippen molar-refractivity contribution in [3.05, 3.63) is 0 Å². The van der Waals surface area contributed by atoms with Crippen LogP contribution in [0.25, 0.3) is 0 Å². The first-order chi connectivity index (χ1) is 8.05. The Balaban J connectivity index is 1.79. The number of hydrogen-bond donors (Lipinski definition) is 1. The minimum atomic E-state index is -2.76. The molecule has 100 valence electrons. The lowest BCUT2D eigenvalue weighted by molar-refractivity contribution is 0.205. The molecule has 2 N–H and O–H groups in total. The van der Waals surface area contributed by atoms with Crippen LogP contribution in [0, 0.1) is 5.92 Å². The molecule has 0 aromatic heterocycles. The van der Waals surface area contributed by atoms with E-state index in [1.165, 1.54) is 12.8 Å². The topological polar surface area (TPSA) is 63.4 Å². The van der Waals surface area contributed by atoms with E-state index >= 15 is 0 Å². The Morgan fingerprint density at radius 1 is 1.06 bits per heavy atom. The molecule has 1 aliphatic heterocycles. The molecule has 5 heteroatoms. The van der Waals surface area contributed by atoms with Crippen LogP contribution in [0.2, 0.25) is 0 Å². The van der Waals surface area contributed by atoms with Gasteiger partial charge in [-0.15, -0.1) is 0 Å². The maximum Gasteiger partial charge on any atom is 0.151 e. The van der Waals surface area contributed by atoms with Gasteiger partial charge in [0.2, 0.25) is 0 Å². The summed E-state index contributed by atoms with van der Waals surface area (Å²) in [7, 11) is -2.76. The standard InChI is InChI=1S/C12H24N2O2S/c13-12-4-2-11(3-5-12)10-14-6-1-8-17(15,16)9-7-14/h11-12H,1-10,13H2. The van der Waals surface area contributed by atoms with E-state index < -0.39 is 9.84 Å². The summed E-state index contributed by atoms with van der Waals surface area (Å²) in [6.45, 7) is 2.74. The Kier molecular flexibility index (Phi) is 4.44. The van der Waals surface area contributed by atoms with Crippen molar-refractivity contribution in [2.24, 2.45) is 11.7 Å². The van der Waals surface area contributed by atoms with E-state index in [0.717, 1.165) is 44.8 Å². The fraction of sp³-hybridized carbons (Fsp3) is 1.00. The Labute approximate surface area is 104 Å². The molecule has 0 bridgehead atoms. The third kappa shape index (κ3) is 4.23. The quantitative estimate of drug-likeness (QED) is 0.791. The van der Waals surface area contributed by atoms with Crippen molar-refractivity contribution in [2.75, 3.05) is 31.1 Å². The van der Waals surface area contributed by atoms with E-state index in [1.54, 1.807) is 0 Å². The van der Waals surface area contributed by atoms with Crippen LogP contribution in [0.15, 0.2) is 0 Å². The Morgan fingerprint density at radius 3 is 2.47 bits per heavy atom. The molecule has 0 atom stereocenters. The number of nitrogens with zero attached hydrogens (tertiary/aromatic N) is 1. The molecule has 0 aromatic carbocycles. The van der Waals surface area contributed by atoms with E-state index in [1.807, 2.05) is 0 Å². The third-order valence-corrected chi connectivity index (χ3v) is 5.77. The van der Waals surface area contributed by atoms with Gasteiger partial charge in [-0.25, -0.2) is 8.42 Å². The zero-order valence-electron chi connectivity index (χ0n) is 10.5. The largest absolute Gasteiger partial charge is 0.328 e. The van der Waals surface area contributed by atoms with Crippen molar-refractivity contribution in [2.45, 2.75) is 38.1 Å². The lowest BCUT2D eigenvalue weighted by Gasteiger charge is -2.30. The summed E-state index contributed by atoms with van der Waals surface area (Å²) in [4.78, 5) is 2.34. The first kappa shape index (κ1) is 13.3. The molecule has 0 spiro atoms.